The van der Waals surface area contributed by atoms with Crippen LogP contribution in [0.2, 0.25) is 0 Å². The second kappa shape index (κ2) is 4.94. The zero-order chi connectivity index (χ0) is 15.0. The number of rotatable bonds is 2. The molecule has 0 bridgehead atoms. The van der Waals surface area contributed by atoms with Crippen molar-refractivity contribution in [1.82, 2.24) is 4.98 Å². The van der Waals surface area contributed by atoms with Gasteiger partial charge in [-0.25, -0.2) is 18.6 Å². The van der Waals surface area contributed by atoms with E-state index in [1.165, 1.54) is 36.4 Å². The molecule has 0 fully saturated rings. The van der Waals surface area contributed by atoms with Gasteiger partial charge in [0, 0.05) is 17.0 Å². The average molecular weight is 285 g/mol. The number of hydrogen-bond donors (Lipinski definition) is 1. The van der Waals surface area contributed by atoms with Gasteiger partial charge in [0.2, 0.25) is 0 Å². The maximum Gasteiger partial charge on any atom is 0.336 e. The van der Waals surface area contributed by atoms with Crippen molar-refractivity contribution in [2.75, 3.05) is 0 Å². The predicted molar refractivity (Wildman–Crippen MR) is 74.1 cm³/mol. The van der Waals surface area contributed by atoms with Crippen LogP contribution in [0.1, 0.15) is 10.4 Å². The van der Waals surface area contributed by atoms with Gasteiger partial charge in [-0.05, 0) is 30.3 Å². The van der Waals surface area contributed by atoms with E-state index in [1.54, 1.807) is 6.07 Å². The van der Waals surface area contributed by atoms with Crippen molar-refractivity contribution in [3.05, 3.63) is 65.7 Å². The second-order valence-corrected chi connectivity index (χ2v) is 4.53. The lowest BCUT2D eigenvalue weighted by atomic mass is 10.0. The molecule has 0 radical (unpaired) electrons. The Hall–Kier alpha value is -2.82. The van der Waals surface area contributed by atoms with Gasteiger partial charge in [0.05, 0.1) is 16.8 Å². The van der Waals surface area contributed by atoms with Gasteiger partial charge in [-0.2, -0.15) is 0 Å². The Morgan fingerprint density at radius 3 is 2.48 bits per heavy atom. The van der Waals surface area contributed by atoms with Crippen LogP contribution in [0.15, 0.2) is 48.5 Å². The van der Waals surface area contributed by atoms with Gasteiger partial charge in [-0.3, -0.25) is 0 Å². The number of pyridine rings is 1. The third-order valence-electron chi connectivity index (χ3n) is 3.12. The number of nitrogens with zero attached hydrogens (tertiary/aromatic N) is 1. The quantitative estimate of drug-likeness (QED) is 0.777. The summed E-state index contributed by atoms with van der Waals surface area (Å²) < 4.78 is 26.6. The molecular formula is C16H9F2NO2. The summed E-state index contributed by atoms with van der Waals surface area (Å²) >= 11 is 0. The first-order valence-corrected chi connectivity index (χ1v) is 6.14. The van der Waals surface area contributed by atoms with Gasteiger partial charge < -0.3 is 5.11 Å². The minimum absolute atomic E-state index is 0.000684. The molecule has 0 saturated heterocycles. The summed E-state index contributed by atoms with van der Waals surface area (Å²) in [4.78, 5) is 15.6. The van der Waals surface area contributed by atoms with E-state index in [2.05, 4.69) is 4.98 Å². The lowest BCUT2D eigenvalue weighted by Crippen LogP contribution is -2.00. The molecule has 0 aliphatic heterocycles. The standard InChI is InChI=1S/C16H9F2NO2/c17-10-3-1-2-9(6-10)14-8-13(16(20)21)12-5-4-11(18)7-15(12)19-14/h1-8H,(H,20,21). The number of hydrogen-bond acceptors (Lipinski definition) is 2. The second-order valence-electron chi connectivity index (χ2n) is 4.53. The number of carbonyl (C=O) groups is 1. The van der Waals surface area contributed by atoms with Gasteiger partial charge in [0.1, 0.15) is 11.6 Å². The molecule has 0 saturated carbocycles. The maximum atomic E-state index is 13.3. The molecule has 104 valence electrons. The zero-order valence-corrected chi connectivity index (χ0v) is 10.7. The molecular weight excluding hydrogens is 276 g/mol. The minimum Gasteiger partial charge on any atom is -0.478 e. The molecule has 0 atom stereocenters. The molecule has 0 spiro atoms. The van der Waals surface area contributed by atoms with Crippen LogP contribution in [-0.2, 0) is 0 Å². The fraction of sp³-hybridized carbons (Fsp3) is 0. The number of aromatic carboxylic acids is 1. The summed E-state index contributed by atoms with van der Waals surface area (Å²) in [5, 5.41) is 9.62. The predicted octanol–water partition coefficient (Wildman–Crippen LogP) is 3.88. The first kappa shape index (κ1) is 13.2. The van der Waals surface area contributed by atoms with E-state index >= 15 is 0 Å². The third kappa shape index (κ3) is 2.45. The van der Waals surface area contributed by atoms with Crippen LogP contribution in [0, 0.1) is 11.6 Å². The van der Waals surface area contributed by atoms with Crippen LogP contribution in [0.4, 0.5) is 8.78 Å². The lowest BCUT2D eigenvalue weighted by Gasteiger charge is -2.07. The lowest BCUT2D eigenvalue weighted by molar-refractivity contribution is 0.0699. The summed E-state index contributed by atoms with van der Waals surface area (Å²) in [5.74, 6) is -2.11. The van der Waals surface area contributed by atoms with Gasteiger partial charge in [0.15, 0.2) is 0 Å². The molecule has 5 heteroatoms. The highest BCUT2D eigenvalue weighted by Gasteiger charge is 2.13. The van der Waals surface area contributed by atoms with Crippen LogP contribution >= 0.6 is 0 Å². The van der Waals surface area contributed by atoms with E-state index in [9.17, 15) is 18.7 Å². The fourth-order valence-corrected chi connectivity index (χ4v) is 2.17. The van der Waals surface area contributed by atoms with Gasteiger partial charge in [0.25, 0.3) is 0 Å². The Morgan fingerprint density at radius 2 is 1.76 bits per heavy atom. The zero-order valence-electron chi connectivity index (χ0n) is 10.7. The highest BCUT2D eigenvalue weighted by atomic mass is 19.1. The first-order valence-electron chi connectivity index (χ1n) is 6.14. The van der Waals surface area contributed by atoms with Gasteiger partial charge in [-0.15, -0.1) is 0 Å². The number of carboxylic acid groups (broad SMARTS) is 1. The molecule has 3 rings (SSSR count). The van der Waals surface area contributed by atoms with Crippen molar-refractivity contribution in [3.8, 4) is 11.3 Å². The Labute approximate surface area is 118 Å². The Morgan fingerprint density at radius 1 is 1.00 bits per heavy atom. The third-order valence-corrected chi connectivity index (χ3v) is 3.12. The van der Waals surface area contributed by atoms with E-state index < -0.39 is 17.6 Å². The Bertz CT molecular complexity index is 862. The van der Waals surface area contributed by atoms with Crippen LogP contribution in [-0.4, -0.2) is 16.1 Å². The van der Waals surface area contributed by atoms with Crippen molar-refractivity contribution in [2.45, 2.75) is 0 Å². The minimum atomic E-state index is -1.15. The maximum absolute atomic E-state index is 13.3. The van der Waals surface area contributed by atoms with E-state index in [0.29, 0.717) is 10.9 Å². The van der Waals surface area contributed by atoms with E-state index in [-0.39, 0.29) is 16.8 Å². The molecule has 0 aliphatic carbocycles. The van der Waals surface area contributed by atoms with Crippen molar-refractivity contribution in [1.29, 1.82) is 0 Å². The van der Waals surface area contributed by atoms with Crippen LogP contribution in [0.3, 0.4) is 0 Å². The summed E-state index contributed by atoms with van der Waals surface area (Å²) in [6, 6.07) is 10.7. The highest BCUT2D eigenvalue weighted by Crippen LogP contribution is 2.25. The topological polar surface area (TPSA) is 50.2 Å². The Balaban J connectivity index is 2.32. The fourth-order valence-electron chi connectivity index (χ4n) is 2.17. The first-order chi connectivity index (χ1) is 10.0. The summed E-state index contributed by atoms with van der Waals surface area (Å²) in [6.07, 6.45) is 0. The van der Waals surface area contributed by atoms with Crippen molar-refractivity contribution < 1.29 is 18.7 Å². The monoisotopic (exact) mass is 285 g/mol. The molecule has 3 nitrogen and oxygen atoms in total. The van der Waals surface area contributed by atoms with Gasteiger partial charge in [-0.1, -0.05) is 12.1 Å². The smallest absolute Gasteiger partial charge is 0.336 e. The molecule has 1 aromatic heterocycles. The number of carboxylic acids is 1. The average Bonchev–Trinajstić information content (AvgIpc) is 2.45. The van der Waals surface area contributed by atoms with E-state index in [0.717, 1.165) is 6.07 Å². The number of fused-ring (bicyclic) bond motifs is 1. The van der Waals surface area contributed by atoms with Crippen molar-refractivity contribution >= 4 is 16.9 Å². The normalized spacial score (nSPS) is 10.8. The van der Waals surface area contributed by atoms with Crippen molar-refractivity contribution in [2.24, 2.45) is 0 Å². The summed E-state index contributed by atoms with van der Waals surface area (Å²) in [6.45, 7) is 0. The molecule has 3 aromatic rings. The Kier molecular flexibility index (Phi) is 3.10. The molecule has 0 aliphatic rings. The number of benzene rings is 2. The summed E-state index contributed by atoms with van der Waals surface area (Å²) in [7, 11) is 0. The molecule has 2 aromatic carbocycles. The van der Waals surface area contributed by atoms with Crippen LogP contribution < -0.4 is 0 Å². The molecule has 0 amide bonds. The molecule has 1 N–H and O–H groups in total. The molecule has 0 unspecified atom stereocenters. The molecule has 21 heavy (non-hydrogen) atoms. The van der Waals surface area contributed by atoms with Gasteiger partial charge >= 0.3 is 5.97 Å². The number of aromatic nitrogens is 1. The molecule has 1 heterocycles. The largest absolute Gasteiger partial charge is 0.478 e. The SMILES string of the molecule is O=C(O)c1cc(-c2cccc(F)c2)nc2cc(F)ccc12. The summed E-state index contributed by atoms with van der Waals surface area (Å²) in [5.41, 5.74) is 0.932. The number of halogens is 2. The van der Waals surface area contributed by atoms with Crippen molar-refractivity contribution in [3.63, 3.8) is 0 Å². The highest BCUT2D eigenvalue weighted by molar-refractivity contribution is 6.03. The van der Waals surface area contributed by atoms with E-state index in [1.807, 2.05) is 0 Å². The van der Waals surface area contributed by atoms with E-state index in [4.69, 9.17) is 0 Å². The van der Waals surface area contributed by atoms with Crippen LogP contribution in [0.5, 0.6) is 0 Å². The van der Waals surface area contributed by atoms with Crippen LogP contribution in [0.25, 0.3) is 22.2 Å².